The number of sulfonamides is 1. The van der Waals surface area contributed by atoms with Crippen LogP contribution in [0.4, 0.5) is 0 Å². The van der Waals surface area contributed by atoms with Crippen LogP contribution in [0.5, 0.6) is 5.75 Å². The maximum Gasteiger partial charge on any atom is 0.241 e. The van der Waals surface area contributed by atoms with E-state index in [0.29, 0.717) is 4.90 Å². The minimum atomic E-state index is -3.60. The van der Waals surface area contributed by atoms with Gasteiger partial charge in [0.2, 0.25) is 10.0 Å². The van der Waals surface area contributed by atoms with Crippen molar-refractivity contribution in [1.82, 2.24) is 4.72 Å². The third-order valence-electron chi connectivity index (χ3n) is 4.06. The molecule has 130 valence electrons. The van der Waals surface area contributed by atoms with Crippen LogP contribution in [-0.4, -0.2) is 15.5 Å². The summed E-state index contributed by atoms with van der Waals surface area (Å²) in [5, 5.41) is 0. The van der Waals surface area contributed by atoms with Crippen molar-refractivity contribution in [2.75, 3.05) is 7.11 Å². The van der Waals surface area contributed by atoms with Crippen LogP contribution >= 0.6 is 0 Å². The standard InChI is InChI=1S/C19H25NO3S/c1-13(2)19(16-8-10-17(23-5)11-9-16)20-24(21,22)18-12-14(3)6-7-15(18)4/h6-13,19-20H,1-5H3/t19-/m1/s1. The number of ether oxygens (including phenoxy) is 1. The zero-order chi connectivity index (χ0) is 17.9. The van der Waals surface area contributed by atoms with E-state index in [1.54, 1.807) is 13.2 Å². The Morgan fingerprint density at radius 2 is 1.62 bits per heavy atom. The van der Waals surface area contributed by atoms with E-state index in [1.165, 1.54) is 0 Å². The number of methoxy groups -OCH3 is 1. The summed E-state index contributed by atoms with van der Waals surface area (Å²) >= 11 is 0. The van der Waals surface area contributed by atoms with Gasteiger partial charge >= 0.3 is 0 Å². The van der Waals surface area contributed by atoms with Gasteiger partial charge in [0.15, 0.2) is 0 Å². The molecule has 2 rings (SSSR count). The van der Waals surface area contributed by atoms with Gasteiger partial charge in [0.25, 0.3) is 0 Å². The van der Waals surface area contributed by atoms with Crippen LogP contribution in [0.15, 0.2) is 47.4 Å². The summed E-state index contributed by atoms with van der Waals surface area (Å²) in [5.74, 6) is 0.858. The Kier molecular flexibility index (Phi) is 5.67. The Morgan fingerprint density at radius 3 is 2.17 bits per heavy atom. The number of aryl methyl sites for hydroxylation is 2. The van der Waals surface area contributed by atoms with E-state index in [0.717, 1.165) is 22.4 Å². The van der Waals surface area contributed by atoms with Crippen molar-refractivity contribution in [1.29, 1.82) is 0 Å². The van der Waals surface area contributed by atoms with Gasteiger partial charge < -0.3 is 4.74 Å². The molecular weight excluding hydrogens is 322 g/mol. The zero-order valence-electron chi connectivity index (χ0n) is 14.8. The normalized spacial score (nSPS) is 13.1. The summed E-state index contributed by atoms with van der Waals surface area (Å²) < 4.78 is 33.8. The van der Waals surface area contributed by atoms with Gasteiger partial charge in [-0.25, -0.2) is 13.1 Å². The summed E-state index contributed by atoms with van der Waals surface area (Å²) in [7, 11) is -1.99. The van der Waals surface area contributed by atoms with Gasteiger partial charge in [0.05, 0.1) is 12.0 Å². The molecule has 0 spiro atoms. The predicted molar refractivity (Wildman–Crippen MR) is 96.8 cm³/mol. The first-order valence-electron chi connectivity index (χ1n) is 7.98. The highest BCUT2D eigenvalue weighted by Gasteiger charge is 2.25. The average Bonchev–Trinajstić information content (AvgIpc) is 2.54. The minimum Gasteiger partial charge on any atom is -0.497 e. The minimum absolute atomic E-state index is 0.110. The van der Waals surface area contributed by atoms with E-state index in [4.69, 9.17) is 4.74 Å². The van der Waals surface area contributed by atoms with Gasteiger partial charge in [-0.15, -0.1) is 0 Å². The van der Waals surface area contributed by atoms with Gasteiger partial charge in [-0.1, -0.05) is 38.1 Å². The van der Waals surface area contributed by atoms with E-state index in [2.05, 4.69) is 4.72 Å². The fourth-order valence-corrected chi connectivity index (χ4v) is 4.33. The molecule has 1 atom stereocenters. The summed E-state index contributed by atoms with van der Waals surface area (Å²) in [4.78, 5) is 0.335. The molecule has 1 N–H and O–H groups in total. The van der Waals surface area contributed by atoms with Crippen molar-refractivity contribution in [3.63, 3.8) is 0 Å². The molecule has 5 heteroatoms. The van der Waals surface area contributed by atoms with E-state index < -0.39 is 10.0 Å². The van der Waals surface area contributed by atoms with Crippen LogP contribution < -0.4 is 9.46 Å². The van der Waals surface area contributed by atoms with Crippen molar-refractivity contribution in [2.24, 2.45) is 5.92 Å². The molecule has 0 aliphatic carbocycles. The highest BCUT2D eigenvalue weighted by Crippen LogP contribution is 2.27. The molecule has 0 aliphatic heterocycles. The maximum absolute atomic E-state index is 12.9. The highest BCUT2D eigenvalue weighted by atomic mass is 32.2. The number of hydrogen-bond donors (Lipinski definition) is 1. The lowest BCUT2D eigenvalue weighted by atomic mass is 9.97. The molecule has 0 amide bonds. The van der Waals surface area contributed by atoms with E-state index >= 15 is 0 Å². The third kappa shape index (κ3) is 4.16. The summed E-state index contributed by atoms with van der Waals surface area (Å²) in [6.45, 7) is 7.70. The predicted octanol–water partition coefficient (Wildman–Crippen LogP) is 3.99. The largest absolute Gasteiger partial charge is 0.497 e. The quantitative estimate of drug-likeness (QED) is 0.860. The number of hydrogen-bond acceptors (Lipinski definition) is 3. The second-order valence-corrected chi connectivity index (χ2v) is 8.07. The number of rotatable bonds is 6. The first kappa shape index (κ1) is 18.5. The number of nitrogens with one attached hydrogen (secondary N) is 1. The van der Waals surface area contributed by atoms with E-state index in [9.17, 15) is 8.42 Å². The molecule has 0 radical (unpaired) electrons. The second kappa shape index (κ2) is 7.36. The molecule has 0 aliphatic rings. The molecule has 0 heterocycles. The molecule has 0 unspecified atom stereocenters. The first-order chi connectivity index (χ1) is 11.2. The third-order valence-corrected chi connectivity index (χ3v) is 5.64. The Bertz CT molecular complexity index is 796. The van der Waals surface area contributed by atoms with Gasteiger partial charge in [-0.2, -0.15) is 0 Å². The maximum atomic E-state index is 12.9. The molecule has 0 aromatic heterocycles. The fraction of sp³-hybridized carbons (Fsp3) is 0.368. The molecule has 4 nitrogen and oxygen atoms in total. The van der Waals surface area contributed by atoms with Gasteiger partial charge in [-0.3, -0.25) is 0 Å². The van der Waals surface area contributed by atoms with Crippen molar-refractivity contribution < 1.29 is 13.2 Å². The monoisotopic (exact) mass is 347 g/mol. The summed E-state index contributed by atoms with van der Waals surface area (Å²) in [6.07, 6.45) is 0. The van der Waals surface area contributed by atoms with Gasteiger partial charge in [0, 0.05) is 6.04 Å². The Hall–Kier alpha value is -1.85. The van der Waals surface area contributed by atoms with E-state index in [-0.39, 0.29) is 12.0 Å². The molecule has 0 bridgehead atoms. The van der Waals surface area contributed by atoms with Gasteiger partial charge in [0.1, 0.15) is 5.75 Å². The van der Waals surface area contributed by atoms with Gasteiger partial charge in [-0.05, 0) is 54.7 Å². The summed E-state index contributed by atoms with van der Waals surface area (Å²) in [5.41, 5.74) is 2.58. The van der Waals surface area contributed by atoms with Crippen LogP contribution in [0.2, 0.25) is 0 Å². The lowest BCUT2D eigenvalue weighted by Gasteiger charge is -2.23. The van der Waals surface area contributed by atoms with E-state index in [1.807, 2.05) is 64.1 Å². The van der Waals surface area contributed by atoms with Crippen LogP contribution in [0.25, 0.3) is 0 Å². The van der Waals surface area contributed by atoms with Crippen molar-refractivity contribution in [3.8, 4) is 5.75 Å². The van der Waals surface area contributed by atoms with Crippen LogP contribution in [0, 0.1) is 19.8 Å². The molecule has 2 aromatic carbocycles. The van der Waals surface area contributed by atoms with Crippen molar-refractivity contribution in [2.45, 2.75) is 38.6 Å². The Morgan fingerprint density at radius 1 is 1.00 bits per heavy atom. The Balaban J connectivity index is 2.37. The lowest BCUT2D eigenvalue weighted by Crippen LogP contribution is -2.32. The first-order valence-corrected chi connectivity index (χ1v) is 9.46. The topological polar surface area (TPSA) is 55.4 Å². The molecule has 0 saturated carbocycles. The SMILES string of the molecule is COc1ccc([C@H](NS(=O)(=O)c2cc(C)ccc2C)C(C)C)cc1. The summed E-state index contributed by atoms with van der Waals surface area (Å²) in [6, 6.07) is 12.6. The zero-order valence-corrected chi connectivity index (χ0v) is 15.6. The van der Waals surface area contributed by atoms with Crippen molar-refractivity contribution >= 4 is 10.0 Å². The highest BCUT2D eigenvalue weighted by molar-refractivity contribution is 7.89. The molecular formula is C19H25NO3S. The fourth-order valence-electron chi connectivity index (χ4n) is 2.63. The Labute approximate surface area is 144 Å². The van der Waals surface area contributed by atoms with Crippen LogP contribution in [-0.2, 0) is 10.0 Å². The smallest absolute Gasteiger partial charge is 0.241 e. The molecule has 2 aromatic rings. The lowest BCUT2D eigenvalue weighted by molar-refractivity contribution is 0.413. The second-order valence-electron chi connectivity index (χ2n) is 6.39. The number of benzene rings is 2. The van der Waals surface area contributed by atoms with Crippen LogP contribution in [0.1, 0.15) is 36.6 Å². The van der Waals surface area contributed by atoms with Crippen molar-refractivity contribution in [3.05, 3.63) is 59.2 Å². The molecule has 24 heavy (non-hydrogen) atoms. The molecule has 0 saturated heterocycles. The van der Waals surface area contributed by atoms with Crippen LogP contribution in [0.3, 0.4) is 0 Å². The average molecular weight is 347 g/mol. The molecule has 0 fully saturated rings.